The molecule has 4 nitrogen and oxygen atoms in total. The number of hydrogen-bond donors (Lipinski definition) is 1. The van der Waals surface area contributed by atoms with E-state index in [1.165, 1.54) is 0 Å². The molecule has 1 saturated carbocycles. The van der Waals surface area contributed by atoms with Crippen LogP contribution < -0.4 is 10.2 Å². The maximum Gasteiger partial charge on any atom is 0.244 e. The SMILES string of the molecule is CCN(c1ccc(NC(=O)C2(C#N)CCCC2)cc1)C(C)C. The molecule has 1 aliphatic carbocycles. The molecule has 118 valence electrons. The lowest BCUT2D eigenvalue weighted by Gasteiger charge is -2.27. The third kappa shape index (κ3) is 3.24. The molecule has 1 aromatic rings. The van der Waals surface area contributed by atoms with Crippen molar-refractivity contribution in [1.29, 1.82) is 5.26 Å². The van der Waals surface area contributed by atoms with Crippen molar-refractivity contribution in [1.82, 2.24) is 0 Å². The molecule has 0 bridgehead atoms. The molecular weight excluding hydrogens is 274 g/mol. The third-order valence-electron chi connectivity index (χ3n) is 4.53. The number of carbonyl (C=O) groups is 1. The van der Waals surface area contributed by atoms with Crippen molar-refractivity contribution < 1.29 is 4.79 Å². The van der Waals surface area contributed by atoms with Gasteiger partial charge in [0, 0.05) is 24.0 Å². The number of amides is 1. The van der Waals surface area contributed by atoms with Crippen LogP contribution in [-0.2, 0) is 4.79 Å². The molecule has 0 saturated heterocycles. The summed E-state index contributed by atoms with van der Waals surface area (Å²) in [4.78, 5) is 14.7. The van der Waals surface area contributed by atoms with Gasteiger partial charge in [-0.1, -0.05) is 12.8 Å². The second kappa shape index (κ2) is 6.83. The molecule has 0 spiro atoms. The first-order valence-electron chi connectivity index (χ1n) is 8.12. The summed E-state index contributed by atoms with van der Waals surface area (Å²) in [5, 5.41) is 12.3. The van der Waals surface area contributed by atoms with Gasteiger partial charge in [-0.05, 0) is 57.9 Å². The van der Waals surface area contributed by atoms with E-state index in [1.807, 2.05) is 24.3 Å². The van der Waals surface area contributed by atoms with Crippen molar-refractivity contribution in [2.75, 3.05) is 16.8 Å². The molecule has 0 atom stereocenters. The highest BCUT2D eigenvalue weighted by Gasteiger charge is 2.41. The van der Waals surface area contributed by atoms with E-state index in [1.54, 1.807) is 0 Å². The average Bonchev–Trinajstić information content (AvgIpc) is 2.99. The second-order valence-electron chi connectivity index (χ2n) is 6.28. The van der Waals surface area contributed by atoms with E-state index in [9.17, 15) is 10.1 Å². The quantitative estimate of drug-likeness (QED) is 0.895. The zero-order valence-electron chi connectivity index (χ0n) is 13.7. The predicted molar refractivity (Wildman–Crippen MR) is 89.7 cm³/mol. The van der Waals surface area contributed by atoms with Gasteiger partial charge < -0.3 is 10.2 Å². The minimum atomic E-state index is -0.827. The number of hydrogen-bond acceptors (Lipinski definition) is 3. The number of carbonyl (C=O) groups excluding carboxylic acids is 1. The van der Waals surface area contributed by atoms with Gasteiger partial charge in [-0.2, -0.15) is 5.26 Å². The van der Waals surface area contributed by atoms with Crippen LogP contribution >= 0.6 is 0 Å². The Hall–Kier alpha value is -2.02. The van der Waals surface area contributed by atoms with Crippen LogP contribution in [0.15, 0.2) is 24.3 Å². The van der Waals surface area contributed by atoms with Gasteiger partial charge in [-0.15, -0.1) is 0 Å². The highest BCUT2D eigenvalue weighted by molar-refractivity contribution is 5.97. The topological polar surface area (TPSA) is 56.1 Å². The van der Waals surface area contributed by atoms with Crippen molar-refractivity contribution in [3.63, 3.8) is 0 Å². The van der Waals surface area contributed by atoms with Crippen LogP contribution in [0, 0.1) is 16.7 Å². The van der Waals surface area contributed by atoms with Crippen molar-refractivity contribution in [2.24, 2.45) is 5.41 Å². The number of anilines is 2. The Kier molecular flexibility index (Phi) is 5.07. The molecular formula is C18H25N3O. The summed E-state index contributed by atoms with van der Waals surface area (Å²) in [7, 11) is 0. The molecule has 0 unspecified atom stereocenters. The largest absolute Gasteiger partial charge is 0.369 e. The van der Waals surface area contributed by atoms with Crippen molar-refractivity contribution in [2.45, 2.75) is 52.5 Å². The maximum absolute atomic E-state index is 12.4. The summed E-state index contributed by atoms with van der Waals surface area (Å²) < 4.78 is 0. The minimum Gasteiger partial charge on any atom is -0.369 e. The zero-order valence-corrected chi connectivity index (χ0v) is 13.7. The monoisotopic (exact) mass is 299 g/mol. The van der Waals surface area contributed by atoms with Crippen LogP contribution in [0.5, 0.6) is 0 Å². The summed E-state index contributed by atoms with van der Waals surface area (Å²) in [6, 6.07) is 10.5. The van der Waals surface area contributed by atoms with E-state index in [2.05, 4.69) is 37.1 Å². The van der Waals surface area contributed by atoms with Gasteiger partial charge >= 0.3 is 0 Å². The van der Waals surface area contributed by atoms with Gasteiger partial charge in [0.1, 0.15) is 5.41 Å². The number of benzene rings is 1. The number of nitriles is 1. The van der Waals surface area contributed by atoms with E-state index < -0.39 is 5.41 Å². The molecule has 4 heteroatoms. The second-order valence-corrected chi connectivity index (χ2v) is 6.28. The summed E-state index contributed by atoms with van der Waals surface area (Å²) >= 11 is 0. The zero-order chi connectivity index (χ0) is 16.2. The molecule has 0 aromatic heterocycles. The van der Waals surface area contributed by atoms with Crippen molar-refractivity contribution in [3.8, 4) is 6.07 Å². The van der Waals surface area contributed by atoms with Crippen LogP contribution in [0.3, 0.4) is 0 Å². The molecule has 0 heterocycles. The van der Waals surface area contributed by atoms with Crippen LogP contribution in [0.1, 0.15) is 46.5 Å². The molecule has 1 amide bonds. The number of nitrogens with one attached hydrogen (secondary N) is 1. The maximum atomic E-state index is 12.4. The van der Waals surface area contributed by atoms with E-state index in [0.29, 0.717) is 18.9 Å². The lowest BCUT2D eigenvalue weighted by atomic mass is 9.87. The van der Waals surface area contributed by atoms with E-state index in [0.717, 1.165) is 30.8 Å². The Morgan fingerprint density at radius 1 is 1.32 bits per heavy atom. The fourth-order valence-corrected chi connectivity index (χ4v) is 3.20. The molecule has 2 rings (SSSR count). The normalized spacial score (nSPS) is 16.3. The van der Waals surface area contributed by atoms with Gasteiger partial charge in [0.15, 0.2) is 0 Å². The van der Waals surface area contributed by atoms with Crippen LogP contribution in [0.2, 0.25) is 0 Å². The Morgan fingerprint density at radius 2 is 1.91 bits per heavy atom. The highest BCUT2D eigenvalue weighted by Crippen LogP contribution is 2.38. The molecule has 1 N–H and O–H groups in total. The summed E-state index contributed by atoms with van der Waals surface area (Å²) in [5.41, 5.74) is 1.08. The number of nitrogens with zero attached hydrogens (tertiary/aromatic N) is 2. The van der Waals surface area contributed by atoms with Crippen LogP contribution in [0.4, 0.5) is 11.4 Å². The Labute approximate surface area is 133 Å². The number of rotatable bonds is 5. The summed E-state index contributed by atoms with van der Waals surface area (Å²) in [6.45, 7) is 7.40. The Morgan fingerprint density at radius 3 is 2.36 bits per heavy atom. The minimum absolute atomic E-state index is 0.156. The first-order valence-corrected chi connectivity index (χ1v) is 8.12. The van der Waals surface area contributed by atoms with Gasteiger partial charge in [0.05, 0.1) is 6.07 Å². The van der Waals surface area contributed by atoms with E-state index >= 15 is 0 Å². The molecule has 1 aromatic carbocycles. The van der Waals surface area contributed by atoms with E-state index in [4.69, 9.17) is 0 Å². The lowest BCUT2D eigenvalue weighted by molar-refractivity contribution is -0.122. The fraction of sp³-hybridized carbons (Fsp3) is 0.556. The van der Waals surface area contributed by atoms with Gasteiger partial charge in [0.2, 0.25) is 5.91 Å². The van der Waals surface area contributed by atoms with E-state index in [-0.39, 0.29) is 5.91 Å². The molecule has 1 fully saturated rings. The Bertz CT molecular complexity index is 551. The fourth-order valence-electron chi connectivity index (χ4n) is 3.20. The molecule has 0 radical (unpaired) electrons. The smallest absolute Gasteiger partial charge is 0.244 e. The van der Waals surface area contributed by atoms with Gasteiger partial charge in [-0.25, -0.2) is 0 Å². The molecule has 1 aliphatic rings. The van der Waals surface area contributed by atoms with Gasteiger partial charge in [-0.3, -0.25) is 4.79 Å². The highest BCUT2D eigenvalue weighted by atomic mass is 16.2. The molecule has 0 aliphatic heterocycles. The average molecular weight is 299 g/mol. The summed E-state index contributed by atoms with van der Waals surface area (Å²) in [5.74, 6) is -0.156. The summed E-state index contributed by atoms with van der Waals surface area (Å²) in [6.07, 6.45) is 3.26. The Balaban J connectivity index is 2.08. The lowest BCUT2D eigenvalue weighted by Crippen LogP contribution is -2.32. The third-order valence-corrected chi connectivity index (χ3v) is 4.53. The first-order chi connectivity index (χ1) is 10.5. The predicted octanol–water partition coefficient (Wildman–Crippen LogP) is 3.94. The van der Waals surface area contributed by atoms with Crippen LogP contribution in [0.25, 0.3) is 0 Å². The van der Waals surface area contributed by atoms with Crippen LogP contribution in [-0.4, -0.2) is 18.5 Å². The van der Waals surface area contributed by atoms with Gasteiger partial charge in [0.25, 0.3) is 0 Å². The first kappa shape index (κ1) is 16.4. The van der Waals surface area contributed by atoms with Crippen molar-refractivity contribution >= 4 is 17.3 Å². The van der Waals surface area contributed by atoms with Crippen molar-refractivity contribution in [3.05, 3.63) is 24.3 Å². The molecule has 22 heavy (non-hydrogen) atoms. The standard InChI is InChI=1S/C18H25N3O/c1-4-21(14(2)3)16-9-7-15(8-10-16)20-17(22)18(13-19)11-5-6-12-18/h7-10,14H,4-6,11-12H2,1-3H3,(H,20,22).